The van der Waals surface area contributed by atoms with E-state index in [4.69, 9.17) is 14.5 Å². The number of fused-ring (bicyclic) bond motifs is 1. The summed E-state index contributed by atoms with van der Waals surface area (Å²) >= 11 is 0. The second-order valence-electron chi connectivity index (χ2n) is 7.56. The highest BCUT2D eigenvalue weighted by Gasteiger charge is 2.33. The van der Waals surface area contributed by atoms with Crippen molar-refractivity contribution in [2.45, 2.75) is 32.8 Å². The van der Waals surface area contributed by atoms with Crippen molar-refractivity contribution < 1.29 is 14.3 Å². The van der Waals surface area contributed by atoms with E-state index >= 15 is 0 Å². The van der Waals surface area contributed by atoms with E-state index in [-0.39, 0.29) is 18.4 Å². The van der Waals surface area contributed by atoms with Crippen molar-refractivity contribution >= 4 is 11.7 Å². The number of hydrogen-bond acceptors (Lipinski definition) is 6. The summed E-state index contributed by atoms with van der Waals surface area (Å²) in [7, 11) is 0. The van der Waals surface area contributed by atoms with Crippen molar-refractivity contribution in [2.24, 2.45) is 0 Å². The predicted octanol–water partition coefficient (Wildman–Crippen LogP) is 2.40. The maximum atomic E-state index is 12.9. The Balaban J connectivity index is 1.39. The average Bonchev–Trinajstić information content (AvgIpc) is 2.72. The molecule has 1 atom stereocenters. The van der Waals surface area contributed by atoms with Crippen LogP contribution >= 0.6 is 0 Å². The topological polar surface area (TPSA) is 67.8 Å². The molecular formula is C21H26N4O3. The van der Waals surface area contributed by atoms with E-state index in [0.717, 1.165) is 30.4 Å². The molecule has 0 unspecified atom stereocenters. The lowest BCUT2D eigenvalue weighted by molar-refractivity contribution is -0.141. The molecule has 0 bridgehead atoms. The largest absolute Gasteiger partial charge is 0.485 e. The molecule has 7 heteroatoms. The molecule has 2 aliphatic rings. The number of para-hydroxylation sites is 2. The van der Waals surface area contributed by atoms with Crippen LogP contribution in [0.5, 0.6) is 11.5 Å². The number of anilines is 1. The molecule has 2 aliphatic heterocycles. The monoisotopic (exact) mass is 382 g/mol. The highest BCUT2D eigenvalue weighted by molar-refractivity contribution is 5.82. The highest BCUT2D eigenvalue weighted by atomic mass is 16.6. The summed E-state index contributed by atoms with van der Waals surface area (Å²) in [5.74, 6) is 3.39. The first-order valence-electron chi connectivity index (χ1n) is 9.79. The van der Waals surface area contributed by atoms with E-state index in [1.165, 1.54) is 0 Å². The van der Waals surface area contributed by atoms with E-state index in [2.05, 4.69) is 23.7 Å². The van der Waals surface area contributed by atoms with E-state index in [9.17, 15) is 4.79 Å². The maximum Gasteiger partial charge on any atom is 0.267 e. The fourth-order valence-corrected chi connectivity index (χ4v) is 3.50. The SMILES string of the molecule is Cc1cc(N2CCN(C(=O)[C@@H]3COc4ccccc4O3)CC2)nc(C(C)C)n1. The lowest BCUT2D eigenvalue weighted by Crippen LogP contribution is -2.54. The number of hydrogen-bond donors (Lipinski definition) is 0. The zero-order valence-electron chi connectivity index (χ0n) is 16.6. The number of aromatic nitrogens is 2. The molecule has 1 saturated heterocycles. The normalized spacial score (nSPS) is 19.1. The van der Waals surface area contributed by atoms with Gasteiger partial charge in [-0.2, -0.15) is 0 Å². The molecule has 2 aromatic rings. The Morgan fingerprint density at radius 1 is 1.11 bits per heavy atom. The molecule has 1 amide bonds. The molecule has 1 fully saturated rings. The lowest BCUT2D eigenvalue weighted by Gasteiger charge is -2.37. The van der Waals surface area contributed by atoms with Gasteiger partial charge >= 0.3 is 0 Å². The first-order chi connectivity index (χ1) is 13.5. The van der Waals surface area contributed by atoms with Gasteiger partial charge in [-0.25, -0.2) is 9.97 Å². The minimum Gasteiger partial charge on any atom is -0.485 e. The Bertz CT molecular complexity index is 862. The Hall–Kier alpha value is -2.83. The van der Waals surface area contributed by atoms with Gasteiger partial charge in [0.1, 0.15) is 18.2 Å². The zero-order chi connectivity index (χ0) is 19.7. The van der Waals surface area contributed by atoms with Crippen molar-refractivity contribution in [1.29, 1.82) is 0 Å². The second kappa shape index (κ2) is 7.66. The number of nitrogens with zero attached hydrogens (tertiary/aromatic N) is 4. The number of ether oxygens (including phenoxy) is 2. The number of carbonyl (C=O) groups excluding carboxylic acids is 1. The van der Waals surface area contributed by atoms with Crippen LogP contribution < -0.4 is 14.4 Å². The van der Waals surface area contributed by atoms with Gasteiger partial charge in [-0.15, -0.1) is 0 Å². The Morgan fingerprint density at radius 3 is 2.54 bits per heavy atom. The van der Waals surface area contributed by atoms with Crippen LogP contribution in [0.15, 0.2) is 30.3 Å². The predicted molar refractivity (Wildman–Crippen MR) is 106 cm³/mol. The number of piperazine rings is 1. The van der Waals surface area contributed by atoms with E-state index in [1.54, 1.807) is 0 Å². The summed E-state index contributed by atoms with van der Waals surface area (Å²) in [4.78, 5) is 26.2. The van der Waals surface area contributed by atoms with Crippen LogP contribution in [0.2, 0.25) is 0 Å². The number of rotatable bonds is 3. The molecule has 28 heavy (non-hydrogen) atoms. The van der Waals surface area contributed by atoms with Gasteiger partial charge in [0.2, 0.25) is 6.10 Å². The van der Waals surface area contributed by atoms with Crippen LogP contribution in [0.3, 0.4) is 0 Å². The minimum atomic E-state index is -0.588. The smallest absolute Gasteiger partial charge is 0.267 e. The number of aryl methyl sites for hydroxylation is 1. The fourth-order valence-electron chi connectivity index (χ4n) is 3.50. The minimum absolute atomic E-state index is 0.0177. The summed E-state index contributed by atoms with van der Waals surface area (Å²) in [5, 5.41) is 0. The van der Waals surface area contributed by atoms with Crippen molar-refractivity contribution in [3.05, 3.63) is 41.9 Å². The fraction of sp³-hybridized carbons (Fsp3) is 0.476. The molecule has 148 valence electrons. The van der Waals surface area contributed by atoms with Gasteiger partial charge in [0.15, 0.2) is 11.5 Å². The third-order valence-corrected chi connectivity index (χ3v) is 5.07. The van der Waals surface area contributed by atoms with Crippen molar-refractivity contribution in [2.75, 3.05) is 37.7 Å². The first-order valence-corrected chi connectivity index (χ1v) is 9.79. The molecule has 0 N–H and O–H groups in total. The van der Waals surface area contributed by atoms with Gasteiger partial charge in [-0.1, -0.05) is 26.0 Å². The third kappa shape index (κ3) is 3.74. The molecule has 4 rings (SSSR count). The number of amides is 1. The summed E-state index contributed by atoms with van der Waals surface area (Å²) in [6.07, 6.45) is -0.588. The van der Waals surface area contributed by atoms with Gasteiger partial charge in [0.05, 0.1) is 0 Å². The van der Waals surface area contributed by atoms with Crippen LogP contribution in [0.25, 0.3) is 0 Å². The molecule has 3 heterocycles. The molecular weight excluding hydrogens is 356 g/mol. The highest BCUT2D eigenvalue weighted by Crippen LogP contribution is 2.31. The van der Waals surface area contributed by atoms with Crippen molar-refractivity contribution in [3.8, 4) is 11.5 Å². The average molecular weight is 382 g/mol. The van der Waals surface area contributed by atoms with Gasteiger partial charge in [-0.3, -0.25) is 4.79 Å². The summed E-state index contributed by atoms with van der Waals surface area (Å²) in [6, 6.07) is 9.46. The Kier molecular flexibility index (Phi) is 5.07. The molecule has 0 saturated carbocycles. The Labute approximate surface area is 165 Å². The van der Waals surface area contributed by atoms with Gasteiger partial charge < -0.3 is 19.3 Å². The number of benzene rings is 1. The van der Waals surface area contributed by atoms with Crippen molar-refractivity contribution in [3.63, 3.8) is 0 Å². The van der Waals surface area contributed by atoms with Crippen LogP contribution in [0.1, 0.15) is 31.3 Å². The third-order valence-electron chi connectivity index (χ3n) is 5.07. The van der Waals surface area contributed by atoms with E-state index in [0.29, 0.717) is 24.6 Å². The standard InChI is InChI=1S/C21H26N4O3/c1-14(2)20-22-15(3)12-19(23-20)24-8-10-25(11-9-24)21(26)18-13-27-16-6-4-5-7-17(16)28-18/h4-7,12,14,18H,8-11,13H2,1-3H3/t18-/m0/s1. The van der Waals surface area contributed by atoms with Crippen LogP contribution in [0.4, 0.5) is 5.82 Å². The molecule has 1 aromatic heterocycles. The Morgan fingerprint density at radius 2 is 1.82 bits per heavy atom. The molecule has 0 spiro atoms. The van der Waals surface area contributed by atoms with E-state index < -0.39 is 6.10 Å². The van der Waals surface area contributed by atoms with Crippen molar-refractivity contribution in [1.82, 2.24) is 14.9 Å². The second-order valence-corrected chi connectivity index (χ2v) is 7.56. The van der Waals surface area contributed by atoms with Gasteiger partial charge in [-0.05, 0) is 19.1 Å². The van der Waals surface area contributed by atoms with Crippen LogP contribution in [-0.4, -0.2) is 59.7 Å². The molecule has 1 aromatic carbocycles. The summed E-state index contributed by atoms with van der Waals surface area (Å²) < 4.78 is 11.6. The molecule has 0 aliphatic carbocycles. The maximum absolute atomic E-state index is 12.9. The first kappa shape index (κ1) is 18.5. The lowest BCUT2D eigenvalue weighted by atomic mass is 10.2. The quantitative estimate of drug-likeness (QED) is 0.812. The van der Waals surface area contributed by atoms with Crippen LogP contribution in [-0.2, 0) is 4.79 Å². The molecule has 0 radical (unpaired) electrons. The van der Waals surface area contributed by atoms with E-state index in [1.807, 2.05) is 42.2 Å². The van der Waals surface area contributed by atoms with Gasteiger partial charge in [0, 0.05) is 43.9 Å². The van der Waals surface area contributed by atoms with Gasteiger partial charge in [0.25, 0.3) is 5.91 Å². The number of carbonyl (C=O) groups is 1. The summed E-state index contributed by atoms with van der Waals surface area (Å²) in [5.41, 5.74) is 0.971. The summed E-state index contributed by atoms with van der Waals surface area (Å²) in [6.45, 7) is 9.20. The van der Waals surface area contributed by atoms with Crippen LogP contribution in [0, 0.1) is 6.92 Å². The molecule has 7 nitrogen and oxygen atoms in total. The zero-order valence-corrected chi connectivity index (χ0v) is 16.6.